The monoisotopic (exact) mass is 374 g/mol. The molecule has 1 atom stereocenters. The van der Waals surface area contributed by atoms with E-state index in [1.54, 1.807) is 15.8 Å². The first-order valence-corrected chi connectivity index (χ1v) is 9.33. The van der Waals surface area contributed by atoms with Crippen LogP contribution in [0.3, 0.4) is 0 Å². The standard InChI is InChI=1S/C22H22N4O2/c1-25-21(17-12-20(27)26(15-17)18-10-6-3-7-11-18)19(14-24-25)22(28)23-13-16-8-4-2-5-9-16/h2-11,14,17H,12-13,15H2,1H3,(H,23,28). The summed E-state index contributed by atoms with van der Waals surface area (Å²) < 4.78 is 1.71. The Labute approximate surface area is 163 Å². The Kier molecular flexibility index (Phi) is 4.93. The second kappa shape index (κ2) is 7.68. The molecule has 0 bridgehead atoms. The van der Waals surface area contributed by atoms with Crippen molar-refractivity contribution >= 4 is 17.5 Å². The second-order valence-electron chi connectivity index (χ2n) is 6.98. The van der Waals surface area contributed by atoms with Crippen molar-refractivity contribution in [3.63, 3.8) is 0 Å². The number of aromatic nitrogens is 2. The van der Waals surface area contributed by atoms with Gasteiger partial charge in [0.2, 0.25) is 5.91 Å². The van der Waals surface area contributed by atoms with Gasteiger partial charge in [-0.2, -0.15) is 5.10 Å². The van der Waals surface area contributed by atoms with Gasteiger partial charge in [-0.05, 0) is 17.7 Å². The Morgan fingerprint density at radius 1 is 1.11 bits per heavy atom. The van der Waals surface area contributed by atoms with Gasteiger partial charge in [-0.3, -0.25) is 14.3 Å². The average Bonchev–Trinajstić information content (AvgIpc) is 3.30. The molecule has 1 aromatic heterocycles. The van der Waals surface area contributed by atoms with Crippen molar-refractivity contribution < 1.29 is 9.59 Å². The predicted octanol–water partition coefficient (Wildman–Crippen LogP) is 2.87. The molecule has 28 heavy (non-hydrogen) atoms. The van der Waals surface area contributed by atoms with E-state index in [4.69, 9.17) is 0 Å². The lowest BCUT2D eigenvalue weighted by Crippen LogP contribution is -2.26. The summed E-state index contributed by atoms with van der Waals surface area (Å²) in [5, 5.41) is 7.24. The molecule has 6 nitrogen and oxygen atoms in total. The van der Waals surface area contributed by atoms with E-state index >= 15 is 0 Å². The minimum absolute atomic E-state index is 0.0630. The van der Waals surface area contributed by atoms with Crippen molar-refractivity contribution in [3.8, 4) is 0 Å². The Morgan fingerprint density at radius 3 is 2.50 bits per heavy atom. The number of carbonyl (C=O) groups excluding carboxylic acids is 2. The van der Waals surface area contributed by atoms with Crippen LogP contribution in [-0.4, -0.2) is 28.1 Å². The van der Waals surface area contributed by atoms with Gasteiger partial charge in [0.05, 0.1) is 17.5 Å². The Balaban J connectivity index is 1.52. The summed E-state index contributed by atoms with van der Waals surface area (Å²) in [7, 11) is 1.82. The lowest BCUT2D eigenvalue weighted by molar-refractivity contribution is -0.117. The maximum absolute atomic E-state index is 12.8. The SMILES string of the molecule is Cn1ncc(C(=O)NCc2ccccc2)c1C1CC(=O)N(c2ccccc2)C1. The molecule has 1 N–H and O–H groups in total. The molecule has 1 aliphatic rings. The fourth-order valence-electron chi connectivity index (χ4n) is 3.73. The number of carbonyl (C=O) groups is 2. The van der Waals surface area contributed by atoms with Crippen LogP contribution in [0.1, 0.15) is 34.0 Å². The second-order valence-corrected chi connectivity index (χ2v) is 6.98. The van der Waals surface area contributed by atoms with Crippen LogP contribution >= 0.6 is 0 Å². The van der Waals surface area contributed by atoms with E-state index in [1.807, 2.05) is 67.7 Å². The molecule has 0 spiro atoms. The van der Waals surface area contributed by atoms with Crippen molar-refractivity contribution in [2.45, 2.75) is 18.9 Å². The lowest BCUT2D eigenvalue weighted by atomic mass is 10.00. The first kappa shape index (κ1) is 18.0. The van der Waals surface area contributed by atoms with Crippen molar-refractivity contribution in [3.05, 3.63) is 83.7 Å². The summed E-state index contributed by atoms with van der Waals surface area (Å²) in [6, 6.07) is 19.4. The van der Waals surface area contributed by atoms with Crippen molar-refractivity contribution in [2.24, 2.45) is 7.05 Å². The molecule has 1 fully saturated rings. The smallest absolute Gasteiger partial charge is 0.255 e. The summed E-state index contributed by atoms with van der Waals surface area (Å²) >= 11 is 0. The molecule has 3 aromatic rings. The van der Waals surface area contributed by atoms with Gasteiger partial charge >= 0.3 is 0 Å². The van der Waals surface area contributed by atoms with Crippen molar-refractivity contribution in [2.75, 3.05) is 11.4 Å². The highest BCUT2D eigenvalue weighted by Crippen LogP contribution is 2.33. The van der Waals surface area contributed by atoms with Gasteiger partial charge in [-0.25, -0.2) is 0 Å². The number of nitrogens with one attached hydrogen (secondary N) is 1. The zero-order chi connectivity index (χ0) is 19.5. The topological polar surface area (TPSA) is 67.2 Å². The van der Waals surface area contributed by atoms with Gasteiger partial charge in [0.15, 0.2) is 0 Å². The van der Waals surface area contributed by atoms with E-state index in [1.165, 1.54) is 0 Å². The van der Waals surface area contributed by atoms with Gasteiger partial charge in [-0.15, -0.1) is 0 Å². The number of nitrogens with zero attached hydrogens (tertiary/aromatic N) is 3. The molecule has 6 heteroatoms. The quantitative estimate of drug-likeness (QED) is 0.747. The van der Waals surface area contributed by atoms with Crippen LogP contribution in [0, 0.1) is 0 Å². The third-order valence-corrected chi connectivity index (χ3v) is 5.10. The largest absolute Gasteiger partial charge is 0.348 e. The summed E-state index contributed by atoms with van der Waals surface area (Å²) in [5.41, 5.74) is 3.25. The zero-order valence-corrected chi connectivity index (χ0v) is 15.7. The van der Waals surface area contributed by atoms with Crippen LogP contribution in [0.2, 0.25) is 0 Å². The fourth-order valence-corrected chi connectivity index (χ4v) is 3.73. The van der Waals surface area contributed by atoms with Gasteiger partial charge < -0.3 is 10.2 Å². The average molecular weight is 374 g/mol. The molecule has 2 heterocycles. The van der Waals surface area contributed by atoms with Crippen LogP contribution in [0.15, 0.2) is 66.9 Å². The van der Waals surface area contributed by atoms with Gasteiger partial charge in [0.25, 0.3) is 5.91 Å². The van der Waals surface area contributed by atoms with E-state index in [-0.39, 0.29) is 17.7 Å². The number of amides is 2. The number of para-hydroxylation sites is 1. The van der Waals surface area contributed by atoms with E-state index in [0.29, 0.717) is 25.1 Å². The number of anilines is 1. The Hall–Kier alpha value is -3.41. The zero-order valence-electron chi connectivity index (χ0n) is 15.7. The first-order valence-electron chi connectivity index (χ1n) is 9.33. The molecule has 2 aromatic carbocycles. The number of aryl methyl sites for hydroxylation is 1. The fraction of sp³-hybridized carbons (Fsp3) is 0.227. The minimum Gasteiger partial charge on any atom is -0.348 e. The lowest BCUT2D eigenvalue weighted by Gasteiger charge is -2.17. The highest BCUT2D eigenvalue weighted by atomic mass is 16.2. The molecule has 0 aliphatic carbocycles. The molecule has 1 aliphatic heterocycles. The molecule has 142 valence electrons. The molecule has 1 unspecified atom stereocenters. The number of benzene rings is 2. The molecular weight excluding hydrogens is 352 g/mol. The van der Waals surface area contributed by atoms with Crippen molar-refractivity contribution in [1.29, 1.82) is 0 Å². The van der Waals surface area contributed by atoms with E-state index in [2.05, 4.69) is 10.4 Å². The van der Waals surface area contributed by atoms with Crippen molar-refractivity contribution in [1.82, 2.24) is 15.1 Å². The highest BCUT2D eigenvalue weighted by Gasteiger charge is 2.35. The summed E-state index contributed by atoms with van der Waals surface area (Å²) in [4.78, 5) is 27.1. The molecule has 1 saturated heterocycles. The molecule has 0 radical (unpaired) electrons. The third kappa shape index (κ3) is 3.53. The Morgan fingerprint density at radius 2 is 1.79 bits per heavy atom. The number of rotatable bonds is 5. The van der Waals surface area contributed by atoms with Gasteiger partial charge in [0.1, 0.15) is 0 Å². The van der Waals surface area contributed by atoms with Crippen LogP contribution < -0.4 is 10.2 Å². The Bertz CT molecular complexity index is 982. The molecule has 4 rings (SSSR count). The highest BCUT2D eigenvalue weighted by molar-refractivity contribution is 5.98. The number of hydrogen-bond donors (Lipinski definition) is 1. The maximum Gasteiger partial charge on any atom is 0.255 e. The van der Waals surface area contributed by atoms with Crippen LogP contribution in [0.4, 0.5) is 5.69 Å². The number of hydrogen-bond acceptors (Lipinski definition) is 3. The van der Waals surface area contributed by atoms with Crippen LogP contribution in [0.25, 0.3) is 0 Å². The summed E-state index contributed by atoms with van der Waals surface area (Å²) in [5.74, 6) is -0.178. The maximum atomic E-state index is 12.8. The van der Waals surface area contributed by atoms with E-state index in [0.717, 1.165) is 16.9 Å². The van der Waals surface area contributed by atoms with Crippen LogP contribution in [-0.2, 0) is 18.4 Å². The predicted molar refractivity (Wildman–Crippen MR) is 107 cm³/mol. The van der Waals surface area contributed by atoms with E-state index < -0.39 is 0 Å². The van der Waals surface area contributed by atoms with Gasteiger partial charge in [0, 0.05) is 38.2 Å². The summed E-state index contributed by atoms with van der Waals surface area (Å²) in [6.07, 6.45) is 1.96. The minimum atomic E-state index is -0.169. The molecule has 0 saturated carbocycles. The van der Waals surface area contributed by atoms with Gasteiger partial charge in [-0.1, -0.05) is 48.5 Å². The molecule has 2 amide bonds. The molecular formula is C22H22N4O2. The third-order valence-electron chi connectivity index (χ3n) is 5.10. The first-order chi connectivity index (χ1) is 13.6. The van der Waals surface area contributed by atoms with Crippen LogP contribution in [0.5, 0.6) is 0 Å². The summed E-state index contributed by atoms with van der Waals surface area (Å²) in [6.45, 7) is 0.995. The normalized spacial score (nSPS) is 16.4. The van der Waals surface area contributed by atoms with E-state index in [9.17, 15) is 9.59 Å².